The molecule has 0 atom stereocenters. The fourth-order valence-corrected chi connectivity index (χ4v) is 4.57. The Bertz CT molecular complexity index is 1070. The number of halogens is 4. The van der Waals surface area contributed by atoms with Crippen LogP contribution in [0, 0.1) is 11.6 Å². The van der Waals surface area contributed by atoms with Crippen LogP contribution in [-0.4, -0.2) is 49.7 Å². The number of hydrogen-bond donors (Lipinski definition) is 0. The van der Waals surface area contributed by atoms with Gasteiger partial charge in [-0.3, -0.25) is 4.79 Å². The molecule has 154 valence electrons. The molecule has 0 saturated carbocycles. The lowest BCUT2D eigenvalue weighted by Gasteiger charge is -2.33. The standard InChI is InChI=1S/C19H16Cl2F2N2O3S/c20-15-4-1-13(11-16(15)21)2-6-19(26)24-7-9-25(10-8-24)29(27,28)14-3-5-17(22)18(23)12-14/h1-6,11-12H,7-10H2/b6-2+. The highest BCUT2D eigenvalue weighted by atomic mass is 35.5. The maximum atomic E-state index is 13.4. The fourth-order valence-electron chi connectivity index (χ4n) is 2.82. The number of benzene rings is 2. The molecule has 1 fully saturated rings. The molecule has 5 nitrogen and oxygen atoms in total. The van der Waals surface area contributed by atoms with E-state index in [1.165, 1.54) is 11.0 Å². The van der Waals surface area contributed by atoms with Gasteiger partial charge in [0, 0.05) is 32.3 Å². The van der Waals surface area contributed by atoms with Gasteiger partial charge in [0.25, 0.3) is 0 Å². The summed E-state index contributed by atoms with van der Waals surface area (Å²) in [6.45, 7) is 0.447. The van der Waals surface area contributed by atoms with Crippen LogP contribution in [0.5, 0.6) is 0 Å². The number of piperazine rings is 1. The Labute approximate surface area is 177 Å². The van der Waals surface area contributed by atoms with Crippen molar-refractivity contribution >= 4 is 45.2 Å². The van der Waals surface area contributed by atoms with E-state index in [-0.39, 0.29) is 37.0 Å². The van der Waals surface area contributed by atoms with Crippen LogP contribution in [0.2, 0.25) is 10.0 Å². The summed E-state index contributed by atoms with van der Waals surface area (Å²) >= 11 is 11.8. The van der Waals surface area contributed by atoms with Crippen molar-refractivity contribution < 1.29 is 22.0 Å². The van der Waals surface area contributed by atoms with Crippen LogP contribution >= 0.6 is 23.2 Å². The second-order valence-electron chi connectivity index (χ2n) is 6.31. The van der Waals surface area contributed by atoms with E-state index in [1.54, 1.807) is 24.3 Å². The minimum atomic E-state index is -3.97. The summed E-state index contributed by atoms with van der Waals surface area (Å²) in [7, 11) is -3.97. The Morgan fingerprint density at radius 3 is 2.24 bits per heavy atom. The van der Waals surface area contributed by atoms with Crippen molar-refractivity contribution in [3.8, 4) is 0 Å². The van der Waals surface area contributed by atoms with Crippen LogP contribution in [0.1, 0.15) is 5.56 Å². The molecule has 29 heavy (non-hydrogen) atoms. The molecule has 2 aromatic rings. The number of carbonyl (C=O) groups excluding carboxylic acids is 1. The van der Waals surface area contributed by atoms with Gasteiger partial charge in [-0.25, -0.2) is 17.2 Å². The molecule has 0 N–H and O–H groups in total. The maximum Gasteiger partial charge on any atom is 0.246 e. The Kier molecular flexibility index (Phi) is 6.58. The highest BCUT2D eigenvalue weighted by Crippen LogP contribution is 2.23. The summed E-state index contributed by atoms with van der Waals surface area (Å²) < 4.78 is 52.8. The molecule has 0 spiro atoms. The van der Waals surface area contributed by atoms with E-state index in [0.717, 1.165) is 16.4 Å². The van der Waals surface area contributed by atoms with Crippen molar-refractivity contribution in [2.24, 2.45) is 0 Å². The lowest BCUT2D eigenvalue weighted by Crippen LogP contribution is -2.50. The summed E-state index contributed by atoms with van der Waals surface area (Å²) in [5.41, 5.74) is 0.701. The zero-order chi connectivity index (χ0) is 21.2. The summed E-state index contributed by atoms with van der Waals surface area (Å²) in [5.74, 6) is -2.62. The molecule has 1 amide bonds. The van der Waals surface area contributed by atoms with Gasteiger partial charge < -0.3 is 4.90 Å². The summed E-state index contributed by atoms with van der Waals surface area (Å²) in [6, 6.07) is 7.41. The Hall–Kier alpha value is -2.00. The molecule has 0 bridgehead atoms. The molecule has 0 aliphatic carbocycles. The molecule has 0 unspecified atom stereocenters. The van der Waals surface area contributed by atoms with Crippen molar-refractivity contribution in [3.05, 3.63) is 69.7 Å². The first-order chi connectivity index (χ1) is 13.7. The third kappa shape index (κ3) is 4.95. The molecule has 0 radical (unpaired) electrons. The largest absolute Gasteiger partial charge is 0.337 e. The van der Waals surface area contributed by atoms with Crippen molar-refractivity contribution in [3.63, 3.8) is 0 Å². The number of amides is 1. The third-order valence-electron chi connectivity index (χ3n) is 4.44. The van der Waals surface area contributed by atoms with E-state index >= 15 is 0 Å². The number of sulfonamides is 1. The molecule has 1 heterocycles. The van der Waals surface area contributed by atoms with Gasteiger partial charge in [0.05, 0.1) is 14.9 Å². The normalized spacial score (nSPS) is 15.8. The van der Waals surface area contributed by atoms with Gasteiger partial charge in [-0.2, -0.15) is 4.31 Å². The van der Waals surface area contributed by atoms with Crippen LogP contribution < -0.4 is 0 Å². The van der Waals surface area contributed by atoms with E-state index in [4.69, 9.17) is 23.2 Å². The van der Waals surface area contributed by atoms with Crippen LogP contribution in [0.4, 0.5) is 8.78 Å². The highest BCUT2D eigenvalue weighted by Gasteiger charge is 2.30. The summed E-state index contributed by atoms with van der Waals surface area (Å²) in [6.07, 6.45) is 2.97. The number of hydrogen-bond acceptors (Lipinski definition) is 3. The van der Waals surface area contributed by atoms with Gasteiger partial charge in [-0.1, -0.05) is 29.3 Å². The highest BCUT2D eigenvalue weighted by molar-refractivity contribution is 7.89. The Balaban J connectivity index is 1.63. The molecule has 1 aliphatic rings. The SMILES string of the molecule is O=C(/C=C/c1ccc(Cl)c(Cl)c1)N1CCN(S(=O)(=O)c2ccc(F)c(F)c2)CC1. The van der Waals surface area contributed by atoms with E-state index < -0.39 is 21.7 Å². The summed E-state index contributed by atoms with van der Waals surface area (Å²) in [4.78, 5) is 13.5. The predicted octanol–water partition coefficient (Wildman–Crippen LogP) is 3.82. The van der Waals surface area contributed by atoms with Gasteiger partial charge in [-0.05, 0) is 42.0 Å². The number of carbonyl (C=O) groups is 1. The molecule has 2 aromatic carbocycles. The average molecular weight is 461 g/mol. The van der Waals surface area contributed by atoms with Crippen molar-refractivity contribution in [2.75, 3.05) is 26.2 Å². The van der Waals surface area contributed by atoms with E-state index in [9.17, 15) is 22.0 Å². The zero-order valence-corrected chi connectivity index (χ0v) is 17.3. The lowest BCUT2D eigenvalue weighted by molar-refractivity contribution is -0.127. The molecule has 1 saturated heterocycles. The third-order valence-corrected chi connectivity index (χ3v) is 7.07. The maximum absolute atomic E-state index is 13.4. The lowest BCUT2D eigenvalue weighted by atomic mass is 10.2. The monoisotopic (exact) mass is 460 g/mol. The first-order valence-corrected chi connectivity index (χ1v) is 10.8. The first-order valence-electron chi connectivity index (χ1n) is 8.56. The smallest absolute Gasteiger partial charge is 0.246 e. The second kappa shape index (κ2) is 8.79. The molecule has 0 aromatic heterocycles. The van der Waals surface area contributed by atoms with Crippen molar-refractivity contribution in [1.29, 1.82) is 0 Å². The molecular weight excluding hydrogens is 445 g/mol. The second-order valence-corrected chi connectivity index (χ2v) is 9.06. The molecule has 10 heteroatoms. The average Bonchev–Trinajstić information content (AvgIpc) is 2.70. The van der Waals surface area contributed by atoms with Crippen molar-refractivity contribution in [2.45, 2.75) is 4.90 Å². The quantitative estimate of drug-likeness (QED) is 0.651. The minimum absolute atomic E-state index is 0.0493. The summed E-state index contributed by atoms with van der Waals surface area (Å²) in [5, 5.41) is 0.783. The van der Waals surface area contributed by atoms with Crippen LogP contribution in [0.3, 0.4) is 0 Å². The Morgan fingerprint density at radius 1 is 0.931 bits per heavy atom. The topological polar surface area (TPSA) is 57.7 Å². The fraction of sp³-hybridized carbons (Fsp3) is 0.211. The van der Waals surface area contributed by atoms with E-state index in [0.29, 0.717) is 21.7 Å². The number of nitrogens with zero attached hydrogens (tertiary/aromatic N) is 2. The van der Waals surface area contributed by atoms with Gasteiger partial charge in [0.15, 0.2) is 11.6 Å². The molecular formula is C19H16Cl2F2N2O3S. The van der Waals surface area contributed by atoms with Gasteiger partial charge >= 0.3 is 0 Å². The predicted molar refractivity (Wildman–Crippen MR) is 107 cm³/mol. The number of rotatable bonds is 4. The van der Waals surface area contributed by atoms with Gasteiger partial charge in [0.1, 0.15) is 0 Å². The first kappa shape index (κ1) is 21.7. The minimum Gasteiger partial charge on any atom is -0.337 e. The Morgan fingerprint density at radius 2 is 1.62 bits per heavy atom. The molecule has 3 rings (SSSR count). The van der Waals surface area contributed by atoms with E-state index in [2.05, 4.69) is 0 Å². The van der Waals surface area contributed by atoms with Gasteiger partial charge in [0.2, 0.25) is 15.9 Å². The van der Waals surface area contributed by atoms with Crippen LogP contribution in [0.25, 0.3) is 6.08 Å². The van der Waals surface area contributed by atoms with Crippen LogP contribution in [-0.2, 0) is 14.8 Å². The molecule has 1 aliphatic heterocycles. The van der Waals surface area contributed by atoms with E-state index in [1.807, 2.05) is 0 Å². The van der Waals surface area contributed by atoms with Crippen LogP contribution in [0.15, 0.2) is 47.4 Å². The van der Waals surface area contributed by atoms with Crippen molar-refractivity contribution in [1.82, 2.24) is 9.21 Å². The van der Waals surface area contributed by atoms with Gasteiger partial charge in [-0.15, -0.1) is 0 Å². The zero-order valence-electron chi connectivity index (χ0n) is 15.0.